The van der Waals surface area contributed by atoms with Gasteiger partial charge in [-0.3, -0.25) is 4.79 Å². The van der Waals surface area contributed by atoms with E-state index in [0.717, 1.165) is 82.1 Å². The number of carbonyl (C=O) groups is 1. The lowest BCUT2D eigenvalue weighted by molar-refractivity contribution is -0.126. The largest absolute Gasteiger partial charge is 0.376 e. The number of ether oxygens (including phenoxy) is 1. The van der Waals surface area contributed by atoms with E-state index in [4.69, 9.17) is 9.73 Å². The van der Waals surface area contributed by atoms with Crippen LogP contribution >= 0.6 is 24.0 Å². The molecule has 0 radical (unpaired) electrons. The summed E-state index contributed by atoms with van der Waals surface area (Å²) in [5.74, 6) is 2.79. The average molecular weight is 545 g/mol. The molecule has 0 aromatic carbocycles. The first kappa shape index (κ1) is 24.2. The third kappa shape index (κ3) is 7.03. The van der Waals surface area contributed by atoms with E-state index in [1.165, 1.54) is 0 Å². The zero-order valence-electron chi connectivity index (χ0n) is 18.6. The van der Waals surface area contributed by atoms with Crippen molar-refractivity contribution in [1.82, 2.24) is 30.7 Å². The van der Waals surface area contributed by atoms with Gasteiger partial charge in [0.25, 0.3) is 0 Å². The number of amides is 1. The Morgan fingerprint density at radius 1 is 1.13 bits per heavy atom. The molecule has 3 aliphatic rings. The number of aromatic nitrogens is 3. The van der Waals surface area contributed by atoms with Crippen molar-refractivity contribution < 1.29 is 9.53 Å². The van der Waals surface area contributed by atoms with Crippen LogP contribution in [0.2, 0.25) is 0 Å². The van der Waals surface area contributed by atoms with E-state index in [1.54, 1.807) is 0 Å². The maximum Gasteiger partial charge on any atom is 0.223 e. The van der Waals surface area contributed by atoms with E-state index in [9.17, 15) is 4.79 Å². The standard InChI is InChI=1S/C21H35N7O2.HI/c1-14-26-27-19(28(14)2)13-23-21(22-12-18-7-4-10-30-18)25-17-6-3-5-15(11-17)20(29)24-16-8-9-16;/h15-18H,3-13H2,1-2H3,(H,24,29)(H2,22,23,25);1H. The molecule has 2 heterocycles. The number of nitrogens with one attached hydrogen (secondary N) is 3. The monoisotopic (exact) mass is 545 g/mol. The Hall–Kier alpha value is -1.43. The van der Waals surface area contributed by atoms with E-state index in [2.05, 4.69) is 26.1 Å². The van der Waals surface area contributed by atoms with Crippen molar-refractivity contribution >= 4 is 35.8 Å². The summed E-state index contributed by atoms with van der Waals surface area (Å²) in [6.45, 7) is 3.97. The van der Waals surface area contributed by atoms with Gasteiger partial charge in [-0.25, -0.2) is 4.99 Å². The number of guanidine groups is 1. The molecule has 0 bridgehead atoms. The minimum absolute atomic E-state index is 0. The van der Waals surface area contributed by atoms with Gasteiger partial charge >= 0.3 is 0 Å². The molecule has 31 heavy (non-hydrogen) atoms. The van der Waals surface area contributed by atoms with Crippen LogP contribution in [0, 0.1) is 12.8 Å². The molecule has 1 aromatic rings. The van der Waals surface area contributed by atoms with Gasteiger partial charge in [-0.15, -0.1) is 34.2 Å². The molecular formula is C21H36IN7O2. The molecule has 3 fully saturated rings. The Bertz CT molecular complexity index is 759. The maximum absolute atomic E-state index is 12.5. The summed E-state index contributed by atoms with van der Waals surface area (Å²) < 4.78 is 7.70. The highest BCUT2D eigenvalue weighted by Gasteiger charge is 2.31. The quantitative estimate of drug-likeness (QED) is 0.274. The Labute approximate surface area is 201 Å². The molecule has 2 saturated carbocycles. The number of hydrogen-bond donors (Lipinski definition) is 3. The number of rotatable bonds is 7. The first-order chi connectivity index (χ1) is 14.6. The second kappa shape index (κ2) is 11.4. The molecule has 4 rings (SSSR count). The lowest BCUT2D eigenvalue weighted by atomic mass is 9.85. The van der Waals surface area contributed by atoms with Crippen LogP contribution in [0.15, 0.2) is 4.99 Å². The molecule has 2 aliphatic carbocycles. The highest BCUT2D eigenvalue weighted by molar-refractivity contribution is 14.0. The Balaban J connectivity index is 0.00000272. The second-order valence-corrected chi connectivity index (χ2v) is 8.89. The minimum atomic E-state index is 0. The number of aliphatic imine (C=N–C) groups is 1. The summed E-state index contributed by atoms with van der Waals surface area (Å²) in [7, 11) is 1.96. The molecular weight excluding hydrogens is 509 g/mol. The molecule has 174 valence electrons. The van der Waals surface area contributed by atoms with Gasteiger partial charge in [-0.1, -0.05) is 6.42 Å². The van der Waals surface area contributed by atoms with Crippen molar-refractivity contribution in [2.45, 2.75) is 83.0 Å². The Kier molecular flexibility index (Phi) is 8.94. The van der Waals surface area contributed by atoms with Crippen molar-refractivity contribution in [3.05, 3.63) is 11.6 Å². The molecule has 1 aliphatic heterocycles. The summed E-state index contributed by atoms with van der Waals surface area (Å²) in [6.07, 6.45) is 8.63. The van der Waals surface area contributed by atoms with Gasteiger partial charge < -0.3 is 25.3 Å². The van der Waals surface area contributed by atoms with Gasteiger partial charge in [-0.05, 0) is 51.9 Å². The van der Waals surface area contributed by atoms with E-state index in [-0.39, 0.29) is 47.9 Å². The second-order valence-electron chi connectivity index (χ2n) is 8.89. The van der Waals surface area contributed by atoms with Gasteiger partial charge in [0.1, 0.15) is 12.4 Å². The van der Waals surface area contributed by atoms with Gasteiger partial charge in [0, 0.05) is 38.2 Å². The maximum atomic E-state index is 12.5. The smallest absolute Gasteiger partial charge is 0.223 e. The zero-order valence-corrected chi connectivity index (χ0v) is 20.9. The van der Waals surface area contributed by atoms with Crippen LogP contribution in [0.3, 0.4) is 0 Å². The third-order valence-corrected chi connectivity index (χ3v) is 6.39. The van der Waals surface area contributed by atoms with Crippen molar-refractivity contribution in [3.8, 4) is 0 Å². The third-order valence-electron chi connectivity index (χ3n) is 6.39. The normalized spacial score (nSPS) is 26.3. The van der Waals surface area contributed by atoms with Gasteiger partial charge in [0.05, 0.1) is 6.10 Å². The molecule has 10 heteroatoms. The SMILES string of the molecule is Cc1nnc(CN=C(NCC2CCCO2)NC2CCCC(C(=O)NC3CC3)C2)n1C.I. The topological polar surface area (TPSA) is 105 Å². The fourth-order valence-corrected chi connectivity index (χ4v) is 4.21. The van der Waals surface area contributed by atoms with Crippen molar-refractivity contribution in [2.75, 3.05) is 13.2 Å². The van der Waals surface area contributed by atoms with Crippen LogP contribution < -0.4 is 16.0 Å². The first-order valence-electron chi connectivity index (χ1n) is 11.4. The molecule has 3 atom stereocenters. The summed E-state index contributed by atoms with van der Waals surface area (Å²) in [4.78, 5) is 17.3. The number of hydrogen-bond acceptors (Lipinski definition) is 5. The van der Waals surface area contributed by atoms with Crippen LogP contribution in [-0.4, -0.2) is 58.0 Å². The predicted molar refractivity (Wildman–Crippen MR) is 129 cm³/mol. The molecule has 1 aromatic heterocycles. The predicted octanol–water partition coefficient (Wildman–Crippen LogP) is 1.79. The van der Waals surface area contributed by atoms with Crippen LogP contribution in [0.4, 0.5) is 0 Å². The van der Waals surface area contributed by atoms with E-state index in [1.807, 2.05) is 18.5 Å². The number of nitrogens with zero attached hydrogens (tertiary/aromatic N) is 4. The lowest BCUT2D eigenvalue weighted by Crippen LogP contribution is -2.48. The molecule has 3 N–H and O–H groups in total. The van der Waals surface area contributed by atoms with Crippen molar-refractivity contribution in [2.24, 2.45) is 18.0 Å². The van der Waals surface area contributed by atoms with Gasteiger partial charge in [-0.2, -0.15) is 0 Å². The molecule has 1 saturated heterocycles. The number of halogens is 1. The summed E-state index contributed by atoms with van der Waals surface area (Å²) >= 11 is 0. The highest BCUT2D eigenvalue weighted by atomic mass is 127. The van der Waals surface area contributed by atoms with Gasteiger partial charge in [0.15, 0.2) is 11.8 Å². The molecule has 1 amide bonds. The summed E-state index contributed by atoms with van der Waals surface area (Å²) in [6, 6.07) is 0.663. The average Bonchev–Trinajstić information content (AvgIpc) is 3.29. The zero-order chi connectivity index (χ0) is 20.9. The molecule has 0 spiro atoms. The van der Waals surface area contributed by atoms with Crippen LogP contribution in [0.5, 0.6) is 0 Å². The van der Waals surface area contributed by atoms with E-state index in [0.29, 0.717) is 12.6 Å². The number of aryl methyl sites for hydroxylation is 1. The fraction of sp³-hybridized carbons (Fsp3) is 0.810. The van der Waals surface area contributed by atoms with E-state index >= 15 is 0 Å². The van der Waals surface area contributed by atoms with Crippen LogP contribution in [0.1, 0.15) is 63.0 Å². The summed E-state index contributed by atoms with van der Waals surface area (Å²) in [5.41, 5.74) is 0. The lowest BCUT2D eigenvalue weighted by Gasteiger charge is -2.30. The number of carbonyl (C=O) groups excluding carboxylic acids is 1. The van der Waals surface area contributed by atoms with E-state index < -0.39 is 0 Å². The molecule has 3 unspecified atom stereocenters. The van der Waals surface area contributed by atoms with Crippen LogP contribution in [0.25, 0.3) is 0 Å². The minimum Gasteiger partial charge on any atom is -0.376 e. The van der Waals surface area contributed by atoms with Crippen LogP contribution in [-0.2, 0) is 23.1 Å². The highest BCUT2D eigenvalue weighted by Crippen LogP contribution is 2.26. The Morgan fingerprint density at radius 3 is 2.65 bits per heavy atom. The Morgan fingerprint density at radius 2 is 1.97 bits per heavy atom. The van der Waals surface area contributed by atoms with Crippen molar-refractivity contribution in [3.63, 3.8) is 0 Å². The summed E-state index contributed by atoms with van der Waals surface area (Å²) in [5, 5.41) is 18.5. The van der Waals surface area contributed by atoms with Gasteiger partial charge in [0.2, 0.25) is 5.91 Å². The van der Waals surface area contributed by atoms with Crippen molar-refractivity contribution in [1.29, 1.82) is 0 Å². The first-order valence-corrected chi connectivity index (χ1v) is 11.4. The molecule has 9 nitrogen and oxygen atoms in total. The fourth-order valence-electron chi connectivity index (χ4n) is 4.21.